The standard InChI is InChI=1S/C17H19ClN2O/c1-12(14-4-3-5-15(18)11-14)20-16-8-6-13(7-9-16)10-17(21)19-2/h3-9,11-12,20H,10H2,1-2H3,(H,19,21). The van der Waals surface area contributed by atoms with Crippen LogP contribution in [0.5, 0.6) is 0 Å². The Morgan fingerprint density at radius 3 is 2.52 bits per heavy atom. The molecule has 4 heteroatoms. The van der Waals surface area contributed by atoms with Crippen molar-refractivity contribution in [3.05, 3.63) is 64.7 Å². The SMILES string of the molecule is CNC(=O)Cc1ccc(NC(C)c2cccc(Cl)c2)cc1. The van der Waals surface area contributed by atoms with Gasteiger partial charge in [0.05, 0.1) is 6.42 Å². The zero-order valence-corrected chi connectivity index (χ0v) is 12.9. The molecule has 0 saturated carbocycles. The van der Waals surface area contributed by atoms with Crippen LogP contribution in [0.3, 0.4) is 0 Å². The van der Waals surface area contributed by atoms with Gasteiger partial charge in [-0.25, -0.2) is 0 Å². The Morgan fingerprint density at radius 1 is 1.19 bits per heavy atom. The van der Waals surface area contributed by atoms with E-state index in [1.165, 1.54) is 0 Å². The quantitative estimate of drug-likeness (QED) is 0.882. The van der Waals surface area contributed by atoms with E-state index in [2.05, 4.69) is 17.6 Å². The summed E-state index contributed by atoms with van der Waals surface area (Å²) < 4.78 is 0. The molecule has 2 rings (SSSR count). The molecule has 1 amide bonds. The van der Waals surface area contributed by atoms with E-state index in [0.29, 0.717) is 6.42 Å². The zero-order chi connectivity index (χ0) is 15.2. The number of rotatable bonds is 5. The summed E-state index contributed by atoms with van der Waals surface area (Å²) in [5.74, 6) is 0.0167. The third-order valence-corrected chi connectivity index (χ3v) is 3.56. The van der Waals surface area contributed by atoms with Crippen molar-refractivity contribution in [2.75, 3.05) is 12.4 Å². The molecule has 0 fully saturated rings. The Balaban J connectivity index is 2.01. The predicted molar refractivity (Wildman–Crippen MR) is 87.7 cm³/mol. The number of carbonyl (C=O) groups excluding carboxylic acids is 1. The van der Waals surface area contributed by atoms with Gasteiger partial charge in [0.2, 0.25) is 5.91 Å². The number of hydrogen-bond acceptors (Lipinski definition) is 2. The lowest BCUT2D eigenvalue weighted by Crippen LogP contribution is -2.19. The van der Waals surface area contributed by atoms with Crippen molar-refractivity contribution < 1.29 is 4.79 Å². The molecular formula is C17H19ClN2O. The molecule has 1 unspecified atom stereocenters. The maximum atomic E-state index is 11.3. The van der Waals surface area contributed by atoms with Crippen molar-refractivity contribution in [2.45, 2.75) is 19.4 Å². The molecule has 0 spiro atoms. The number of likely N-dealkylation sites (N-methyl/N-ethyl adjacent to an activating group) is 1. The van der Waals surface area contributed by atoms with Gasteiger partial charge in [-0.05, 0) is 42.3 Å². The first kappa shape index (κ1) is 15.4. The van der Waals surface area contributed by atoms with E-state index >= 15 is 0 Å². The van der Waals surface area contributed by atoms with Gasteiger partial charge in [0, 0.05) is 23.8 Å². The third-order valence-electron chi connectivity index (χ3n) is 3.33. The summed E-state index contributed by atoms with van der Waals surface area (Å²) in [6, 6.07) is 15.9. The molecule has 1 atom stereocenters. The van der Waals surface area contributed by atoms with E-state index in [9.17, 15) is 4.79 Å². The molecule has 0 aromatic heterocycles. The second-order valence-corrected chi connectivity index (χ2v) is 5.40. The van der Waals surface area contributed by atoms with Crippen LogP contribution in [0, 0.1) is 0 Å². The van der Waals surface area contributed by atoms with Gasteiger partial charge in [-0.15, -0.1) is 0 Å². The van der Waals surface area contributed by atoms with Crippen LogP contribution in [0.4, 0.5) is 5.69 Å². The molecule has 2 aromatic rings. The van der Waals surface area contributed by atoms with E-state index in [1.54, 1.807) is 7.05 Å². The Hall–Kier alpha value is -2.00. The topological polar surface area (TPSA) is 41.1 Å². The largest absolute Gasteiger partial charge is 0.379 e. The van der Waals surface area contributed by atoms with Gasteiger partial charge < -0.3 is 10.6 Å². The van der Waals surface area contributed by atoms with E-state index in [0.717, 1.165) is 21.8 Å². The fourth-order valence-corrected chi connectivity index (χ4v) is 2.30. The molecule has 2 aromatic carbocycles. The molecule has 110 valence electrons. The Morgan fingerprint density at radius 2 is 1.90 bits per heavy atom. The van der Waals surface area contributed by atoms with E-state index in [-0.39, 0.29) is 11.9 Å². The number of halogens is 1. The van der Waals surface area contributed by atoms with Crippen LogP contribution in [0.1, 0.15) is 24.1 Å². The fourth-order valence-electron chi connectivity index (χ4n) is 2.10. The highest BCUT2D eigenvalue weighted by molar-refractivity contribution is 6.30. The first-order valence-electron chi connectivity index (χ1n) is 6.90. The van der Waals surface area contributed by atoms with Gasteiger partial charge in [0.15, 0.2) is 0 Å². The van der Waals surface area contributed by atoms with Crippen molar-refractivity contribution in [2.24, 2.45) is 0 Å². The highest BCUT2D eigenvalue weighted by atomic mass is 35.5. The Kier molecular flexibility index (Phi) is 5.23. The van der Waals surface area contributed by atoms with Crippen LogP contribution in [-0.2, 0) is 11.2 Å². The number of carbonyl (C=O) groups is 1. The number of benzene rings is 2. The van der Waals surface area contributed by atoms with Crippen LogP contribution < -0.4 is 10.6 Å². The molecule has 0 saturated heterocycles. The molecule has 3 nitrogen and oxygen atoms in total. The highest BCUT2D eigenvalue weighted by Crippen LogP contribution is 2.22. The minimum absolute atomic E-state index is 0.0167. The molecule has 0 aliphatic rings. The lowest BCUT2D eigenvalue weighted by Gasteiger charge is -2.16. The van der Waals surface area contributed by atoms with Crippen LogP contribution in [-0.4, -0.2) is 13.0 Å². The average Bonchev–Trinajstić information content (AvgIpc) is 2.49. The van der Waals surface area contributed by atoms with Crippen molar-refractivity contribution in [3.8, 4) is 0 Å². The third kappa shape index (κ3) is 4.50. The summed E-state index contributed by atoms with van der Waals surface area (Å²) in [6.45, 7) is 2.09. The molecule has 21 heavy (non-hydrogen) atoms. The van der Waals surface area contributed by atoms with Gasteiger partial charge in [-0.3, -0.25) is 4.79 Å². The number of nitrogens with one attached hydrogen (secondary N) is 2. The first-order chi connectivity index (χ1) is 10.1. The van der Waals surface area contributed by atoms with Crippen LogP contribution in [0.2, 0.25) is 5.02 Å². The number of amides is 1. The molecule has 0 radical (unpaired) electrons. The van der Waals surface area contributed by atoms with E-state index in [4.69, 9.17) is 11.6 Å². The van der Waals surface area contributed by atoms with Gasteiger partial charge in [0.1, 0.15) is 0 Å². The lowest BCUT2D eigenvalue weighted by atomic mass is 10.1. The molecule has 0 heterocycles. The number of hydrogen-bond donors (Lipinski definition) is 2. The minimum Gasteiger partial charge on any atom is -0.379 e. The summed E-state index contributed by atoms with van der Waals surface area (Å²) in [6.07, 6.45) is 0.403. The minimum atomic E-state index is 0.0167. The van der Waals surface area contributed by atoms with Gasteiger partial charge >= 0.3 is 0 Å². The number of anilines is 1. The fraction of sp³-hybridized carbons (Fsp3) is 0.235. The zero-order valence-electron chi connectivity index (χ0n) is 12.2. The summed E-state index contributed by atoms with van der Waals surface area (Å²) in [4.78, 5) is 11.3. The summed E-state index contributed by atoms with van der Waals surface area (Å²) >= 11 is 6.01. The Bertz CT molecular complexity index is 610. The van der Waals surface area contributed by atoms with Gasteiger partial charge in [-0.1, -0.05) is 35.9 Å². The van der Waals surface area contributed by atoms with Gasteiger partial charge in [0.25, 0.3) is 0 Å². The van der Waals surface area contributed by atoms with Crippen molar-refractivity contribution in [1.82, 2.24) is 5.32 Å². The monoisotopic (exact) mass is 302 g/mol. The van der Waals surface area contributed by atoms with Crippen LogP contribution in [0.25, 0.3) is 0 Å². The van der Waals surface area contributed by atoms with E-state index in [1.807, 2.05) is 48.5 Å². The molecule has 2 N–H and O–H groups in total. The summed E-state index contributed by atoms with van der Waals surface area (Å²) in [5, 5.41) is 6.78. The molecule has 0 aliphatic heterocycles. The lowest BCUT2D eigenvalue weighted by molar-refractivity contribution is -0.119. The van der Waals surface area contributed by atoms with Crippen molar-refractivity contribution in [3.63, 3.8) is 0 Å². The predicted octanol–water partition coefficient (Wildman–Crippen LogP) is 3.80. The average molecular weight is 303 g/mol. The second kappa shape index (κ2) is 7.14. The maximum absolute atomic E-state index is 11.3. The maximum Gasteiger partial charge on any atom is 0.224 e. The summed E-state index contributed by atoms with van der Waals surface area (Å²) in [7, 11) is 1.64. The summed E-state index contributed by atoms with van der Waals surface area (Å²) in [5.41, 5.74) is 3.15. The van der Waals surface area contributed by atoms with Crippen molar-refractivity contribution >= 4 is 23.2 Å². The Labute approximate surface area is 130 Å². The van der Waals surface area contributed by atoms with Crippen LogP contribution >= 0.6 is 11.6 Å². The second-order valence-electron chi connectivity index (χ2n) is 4.97. The molecular weight excluding hydrogens is 284 g/mol. The van der Waals surface area contributed by atoms with Gasteiger partial charge in [-0.2, -0.15) is 0 Å². The molecule has 0 aliphatic carbocycles. The smallest absolute Gasteiger partial charge is 0.224 e. The van der Waals surface area contributed by atoms with E-state index < -0.39 is 0 Å². The normalized spacial score (nSPS) is 11.8. The first-order valence-corrected chi connectivity index (χ1v) is 7.28. The van der Waals surface area contributed by atoms with Crippen molar-refractivity contribution in [1.29, 1.82) is 0 Å². The highest BCUT2D eigenvalue weighted by Gasteiger charge is 2.06. The molecule has 0 bridgehead atoms. The van der Waals surface area contributed by atoms with Crippen LogP contribution in [0.15, 0.2) is 48.5 Å².